The van der Waals surface area contributed by atoms with Gasteiger partial charge in [-0.15, -0.1) is 0 Å². The van der Waals surface area contributed by atoms with Crippen LogP contribution in [0.5, 0.6) is 0 Å². The molecule has 1 aromatic heterocycles. The molecule has 1 atom stereocenters. The van der Waals surface area contributed by atoms with E-state index in [1.807, 2.05) is 19.9 Å². The van der Waals surface area contributed by atoms with Gasteiger partial charge in [0, 0.05) is 11.8 Å². The first-order valence-corrected chi connectivity index (χ1v) is 8.17. The molecule has 0 aliphatic heterocycles. The van der Waals surface area contributed by atoms with Gasteiger partial charge in [0.25, 0.3) is 0 Å². The zero-order valence-corrected chi connectivity index (χ0v) is 15.5. The molecule has 1 aromatic carbocycles. The van der Waals surface area contributed by atoms with Gasteiger partial charge < -0.3 is 4.74 Å². The minimum absolute atomic E-state index is 0.00780. The third-order valence-electron chi connectivity index (χ3n) is 3.56. The van der Waals surface area contributed by atoms with Gasteiger partial charge in [0.05, 0.1) is 15.1 Å². The van der Waals surface area contributed by atoms with Crippen LogP contribution in [0, 0.1) is 13.8 Å². The quantitative estimate of drug-likeness (QED) is 0.542. The molecule has 0 fully saturated rings. The first kappa shape index (κ1) is 18.7. The van der Waals surface area contributed by atoms with Crippen molar-refractivity contribution in [2.24, 2.45) is 0 Å². The van der Waals surface area contributed by atoms with Gasteiger partial charge in [-0.2, -0.15) is 0 Å². The average Bonchev–Trinajstić information content (AvgIpc) is 2.54. The van der Waals surface area contributed by atoms with Gasteiger partial charge in [-0.1, -0.05) is 46.9 Å². The van der Waals surface area contributed by atoms with E-state index >= 15 is 0 Å². The summed E-state index contributed by atoms with van der Waals surface area (Å²) in [6.45, 7) is 5.34. The molecule has 2 aromatic rings. The largest absolute Gasteiger partial charge is 0.449 e. The van der Waals surface area contributed by atoms with Crippen LogP contribution in [0.3, 0.4) is 0 Å². The van der Waals surface area contributed by atoms with Gasteiger partial charge in [-0.05, 0) is 38.0 Å². The van der Waals surface area contributed by atoms with E-state index in [0.29, 0.717) is 5.56 Å². The van der Waals surface area contributed by atoms with Gasteiger partial charge >= 0.3 is 5.97 Å². The minimum Gasteiger partial charge on any atom is -0.449 e. The maximum atomic E-state index is 12.4. The number of rotatable bonds is 4. The van der Waals surface area contributed by atoms with E-state index in [-0.39, 0.29) is 26.5 Å². The fourth-order valence-electron chi connectivity index (χ4n) is 1.98. The fourth-order valence-corrected chi connectivity index (χ4v) is 2.54. The first-order chi connectivity index (χ1) is 11.2. The molecule has 0 aliphatic rings. The molecule has 0 bridgehead atoms. The lowest BCUT2D eigenvalue weighted by Crippen LogP contribution is -2.25. The molecule has 0 N–H and O–H groups in total. The van der Waals surface area contributed by atoms with E-state index in [9.17, 15) is 9.59 Å². The van der Waals surface area contributed by atoms with Crippen molar-refractivity contribution in [2.75, 3.05) is 0 Å². The summed E-state index contributed by atoms with van der Waals surface area (Å²) in [5.41, 5.74) is 2.33. The lowest BCUT2D eigenvalue weighted by molar-refractivity contribution is 0.0313. The Morgan fingerprint density at radius 1 is 1.08 bits per heavy atom. The average molecular weight is 387 g/mol. The van der Waals surface area contributed by atoms with Crippen molar-refractivity contribution in [3.63, 3.8) is 0 Å². The van der Waals surface area contributed by atoms with Crippen molar-refractivity contribution in [2.45, 2.75) is 26.9 Å². The molecule has 0 amide bonds. The van der Waals surface area contributed by atoms with Gasteiger partial charge in [0.2, 0.25) is 5.78 Å². The zero-order valence-electron chi connectivity index (χ0n) is 13.2. The third-order valence-corrected chi connectivity index (χ3v) is 4.80. The summed E-state index contributed by atoms with van der Waals surface area (Å²) >= 11 is 17.6. The van der Waals surface area contributed by atoms with Crippen LogP contribution >= 0.6 is 34.8 Å². The second-order valence-electron chi connectivity index (χ2n) is 5.29. The number of carbonyl (C=O) groups excluding carboxylic acids is 2. The summed E-state index contributed by atoms with van der Waals surface area (Å²) in [7, 11) is 0. The summed E-state index contributed by atoms with van der Waals surface area (Å²) in [6.07, 6.45) is 0.203. The monoisotopic (exact) mass is 385 g/mol. The van der Waals surface area contributed by atoms with Crippen molar-refractivity contribution in [3.8, 4) is 0 Å². The number of Topliss-reactive ketones (excluding diaryl/α,β-unsaturated/α-hetero) is 1. The van der Waals surface area contributed by atoms with E-state index < -0.39 is 12.1 Å². The van der Waals surface area contributed by atoms with E-state index in [0.717, 1.165) is 11.1 Å². The van der Waals surface area contributed by atoms with Crippen molar-refractivity contribution < 1.29 is 14.3 Å². The maximum Gasteiger partial charge on any atom is 0.359 e. The molecule has 0 saturated heterocycles. The molecule has 7 heteroatoms. The predicted molar refractivity (Wildman–Crippen MR) is 94.4 cm³/mol. The number of esters is 1. The van der Waals surface area contributed by atoms with Crippen molar-refractivity contribution in [1.29, 1.82) is 0 Å². The smallest absolute Gasteiger partial charge is 0.359 e. The topological polar surface area (TPSA) is 56.3 Å². The van der Waals surface area contributed by atoms with Gasteiger partial charge in [-0.3, -0.25) is 4.79 Å². The number of benzene rings is 1. The van der Waals surface area contributed by atoms with Gasteiger partial charge in [-0.25, -0.2) is 9.78 Å². The summed E-state index contributed by atoms with van der Waals surface area (Å²) in [5.74, 6) is -1.16. The van der Waals surface area contributed by atoms with Crippen LogP contribution in [-0.4, -0.2) is 22.8 Å². The number of aromatic nitrogens is 1. The molecule has 4 nitrogen and oxygen atoms in total. The van der Waals surface area contributed by atoms with Crippen LogP contribution in [0.2, 0.25) is 15.1 Å². The Morgan fingerprint density at radius 3 is 2.38 bits per heavy atom. The normalized spacial score (nSPS) is 11.9. The van der Waals surface area contributed by atoms with Crippen LogP contribution in [0.15, 0.2) is 24.4 Å². The molecule has 24 heavy (non-hydrogen) atoms. The second kappa shape index (κ2) is 7.51. The molecule has 0 radical (unpaired) electrons. The number of hydrogen-bond acceptors (Lipinski definition) is 4. The Bertz CT molecular complexity index is 821. The number of nitrogens with zero attached hydrogens (tertiary/aromatic N) is 1. The number of halogens is 3. The van der Waals surface area contributed by atoms with Crippen LogP contribution in [0.25, 0.3) is 0 Å². The van der Waals surface area contributed by atoms with Crippen molar-refractivity contribution >= 4 is 46.6 Å². The molecule has 1 heterocycles. The number of ketones is 1. The van der Waals surface area contributed by atoms with Crippen LogP contribution in [0.4, 0.5) is 0 Å². The predicted octanol–water partition coefficient (Wildman–Crippen LogP) is 5.09. The Morgan fingerprint density at radius 2 is 1.75 bits per heavy atom. The van der Waals surface area contributed by atoms with Gasteiger partial charge in [0.15, 0.2) is 11.8 Å². The number of carbonyl (C=O) groups is 2. The highest BCUT2D eigenvalue weighted by Crippen LogP contribution is 2.31. The van der Waals surface area contributed by atoms with Crippen molar-refractivity contribution in [3.05, 3.63) is 61.8 Å². The fraction of sp³-hybridized carbons (Fsp3) is 0.235. The van der Waals surface area contributed by atoms with Crippen LogP contribution in [0.1, 0.15) is 38.9 Å². The molecule has 0 saturated carbocycles. The zero-order chi connectivity index (χ0) is 18.0. The SMILES string of the molecule is Cc1ccc(C(=O)[C@@H](C)OC(=O)c2ncc(Cl)c(Cl)c2Cl)cc1C. The van der Waals surface area contributed by atoms with Crippen molar-refractivity contribution in [1.82, 2.24) is 4.98 Å². The third kappa shape index (κ3) is 3.89. The Kier molecular flexibility index (Phi) is 5.86. The standard InChI is InChI=1S/C17H14Cl3NO3/c1-8-4-5-11(6-9(8)2)16(22)10(3)24-17(23)15-14(20)13(19)12(18)7-21-15/h4-7,10H,1-3H3/t10-/m1/s1. The summed E-state index contributed by atoms with van der Waals surface area (Å²) in [5, 5.41) is 0.0193. The lowest BCUT2D eigenvalue weighted by atomic mass is 10.0. The number of pyridine rings is 1. The first-order valence-electron chi connectivity index (χ1n) is 7.04. The van der Waals surface area contributed by atoms with E-state index in [1.165, 1.54) is 13.1 Å². The molecular formula is C17H14Cl3NO3. The highest BCUT2D eigenvalue weighted by molar-refractivity contribution is 6.48. The summed E-state index contributed by atoms with van der Waals surface area (Å²) in [4.78, 5) is 28.4. The molecule has 126 valence electrons. The maximum absolute atomic E-state index is 12.4. The van der Waals surface area contributed by atoms with Crippen LogP contribution in [-0.2, 0) is 4.74 Å². The highest BCUT2D eigenvalue weighted by Gasteiger charge is 2.24. The number of hydrogen-bond donors (Lipinski definition) is 0. The van der Waals surface area contributed by atoms with Gasteiger partial charge in [0.1, 0.15) is 0 Å². The number of aryl methyl sites for hydroxylation is 2. The molecule has 2 rings (SSSR count). The van der Waals surface area contributed by atoms with E-state index in [4.69, 9.17) is 39.5 Å². The molecule has 0 spiro atoms. The molecule has 0 unspecified atom stereocenters. The lowest BCUT2D eigenvalue weighted by Gasteiger charge is -2.14. The van der Waals surface area contributed by atoms with E-state index in [1.54, 1.807) is 12.1 Å². The summed E-state index contributed by atoms with van der Waals surface area (Å²) < 4.78 is 5.16. The molecule has 0 aliphatic carbocycles. The Balaban J connectivity index is 2.18. The van der Waals surface area contributed by atoms with Crippen LogP contribution < -0.4 is 0 Å². The Hall–Kier alpha value is -1.62. The minimum atomic E-state index is -0.994. The Labute approximate surface area is 154 Å². The summed E-state index contributed by atoms with van der Waals surface area (Å²) in [6, 6.07) is 5.29. The highest BCUT2D eigenvalue weighted by atomic mass is 35.5. The molecular weight excluding hydrogens is 373 g/mol. The number of ether oxygens (including phenoxy) is 1. The second-order valence-corrected chi connectivity index (χ2v) is 6.46. The van der Waals surface area contributed by atoms with E-state index in [2.05, 4.69) is 4.98 Å².